The largest absolute Gasteiger partial charge is 0.497 e. The van der Waals surface area contributed by atoms with Crippen LogP contribution in [0.4, 0.5) is 18.9 Å². The fraction of sp³-hybridized carbons (Fsp3) is 0.500. The molecule has 0 bridgehead atoms. The van der Waals surface area contributed by atoms with E-state index in [0.29, 0.717) is 24.9 Å². The van der Waals surface area contributed by atoms with Gasteiger partial charge in [-0.05, 0) is 19.1 Å². The quantitative estimate of drug-likeness (QED) is 0.930. The lowest BCUT2D eigenvalue weighted by atomic mass is 10.1. The van der Waals surface area contributed by atoms with Crippen molar-refractivity contribution < 1.29 is 22.6 Å². The zero-order valence-electron chi connectivity index (χ0n) is 12.8. The maximum Gasteiger partial charge on any atom is 0.416 e. The van der Waals surface area contributed by atoms with Gasteiger partial charge in [-0.25, -0.2) is 4.99 Å². The topological polar surface area (TPSA) is 60.1 Å². The zero-order chi connectivity index (χ0) is 16.8. The van der Waals surface area contributed by atoms with Gasteiger partial charge in [0.05, 0.1) is 19.2 Å². The van der Waals surface area contributed by atoms with Gasteiger partial charge in [0, 0.05) is 25.3 Å². The van der Waals surface area contributed by atoms with Gasteiger partial charge in [0.15, 0.2) is 0 Å². The van der Waals surface area contributed by atoms with E-state index in [1.54, 1.807) is 18.0 Å². The summed E-state index contributed by atoms with van der Waals surface area (Å²) in [5, 5.41) is 0. The van der Waals surface area contributed by atoms with Gasteiger partial charge in [-0.2, -0.15) is 13.2 Å². The molecule has 0 spiro atoms. The lowest BCUT2D eigenvalue weighted by Gasteiger charge is -2.19. The van der Waals surface area contributed by atoms with Crippen LogP contribution in [0.15, 0.2) is 23.2 Å². The Morgan fingerprint density at radius 2 is 2.05 bits per heavy atom. The SMILES string of the molecule is CCN(C)c1cc(OC)cc(C(F)(F)F)c1.NC1=NCCO1. The molecule has 5 nitrogen and oxygen atoms in total. The van der Waals surface area contributed by atoms with E-state index < -0.39 is 11.7 Å². The van der Waals surface area contributed by atoms with Crippen LogP contribution in [0.5, 0.6) is 5.75 Å². The third-order valence-corrected chi connectivity index (χ3v) is 2.98. The van der Waals surface area contributed by atoms with E-state index in [1.807, 2.05) is 6.92 Å². The Labute approximate surface area is 127 Å². The van der Waals surface area contributed by atoms with Gasteiger partial charge >= 0.3 is 6.18 Å². The van der Waals surface area contributed by atoms with Crippen LogP contribution < -0.4 is 15.4 Å². The van der Waals surface area contributed by atoms with E-state index in [4.69, 9.17) is 10.5 Å². The molecule has 0 unspecified atom stereocenters. The molecule has 124 valence electrons. The van der Waals surface area contributed by atoms with E-state index in [2.05, 4.69) is 9.73 Å². The average Bonchev–Trinajstić information content (AvgIpc) is 2.96. The van der Waals surface area contributed by atoms with Crippen LogP contribution in [-0.4, -0.2) is 39.9 Å². The summed E-state index contributed by atoms with van der Waals surface area (Å²) in [7, 11) is 3.08. The molecule has 0 fully saturated rings. The van der Waals surface area contributed by atoms with Crippen molar-refractivity contribution in [2.75, 3.05) is 38.8 Å². The summed E-state index contributed by atoms with van der Waals surface area (Å²) < 4.78 is 47.3. The van der Waals surface area contributed by atoms with Crippen LogP contribution in [0, 0.1) is 0 Å². The second-order valence-electron chi connectivity index (χ2n) is 4.50. The van der Waals surface area contributed by atoms with Gasteiger partial charge in [-0.3, -0.25) is 0 Å². The summed E-state index contributed by atoms with van der Waals surface area (Å²) in [6.07, 6.45) is -4.35. The summed E-state index contributed by atoms with van der Waals surface area (Å²) >= 11 is 0. The number of anilines is 1. The minimum absolute atomic E-state index is 0.213. The van der Waals surface area contributed by atoms with Crippen LogP contribution in [0.1, 0.15) is 12.5 Å². The molecule has 1 heterocycles. The highest BCUT2D eigenvalue weighted by Crippen LogP contribution is 2.34. The third-order valence-electron chi connectivity index (χ3n) is 2.98. The number of alkyl halides is 3. The highest BCUT2D eigenvalue weighted by Gasteiger charge is 2.31. The molecule has 1 aromatic rings. The lowest BCUT2D eigenvalue weighted by Crippen LogP contribution is -2.17. The first kappa shape index (κ1) is 17.9. The van der Waals surface area contributed by atoms with E-state index in [9.17, 15) is 13.2 Å². The lowest BCUT2D eigenvalue weighted by molar-refractivity contribution is -0.137. The summed E-state index contributed by atoms with van der Waals surface area (Å²) in [5.41, 5.74) is 4.86. The van der Waals surface area contributed by atoms with Crippen LogP contribution in [-0.2, 0) is 10.9 Å². The standard InChI is InChI=1S/C11H14F3NO.C3H6N2O/c1-4-15(2)9-5-8(11(12,13)14)6-10(7-9)16-3;4-3-5-1-2-6-3/h5-7H,4H2,1-3H3;1-2H2,(H2,4,5). The molecule has 22 heavy (non-hydrogen) atoms. The average molecular weight is 319 g/mol. The molecule has 1 aromatic carbocycles. The highest BCUT2D eigenvalue weighted by atomic mass is 19.4. The molecule has 2 N–H and O–H groups in total. The molecule has 0 saturated heterocycles. The molecule has 2 rings (SSSR count). The van der Waals surface area contributed by atoms with Crippen LogP contribution >= 0.6 is 0 Å². The molecule has 0 aromatic heterocycles. The molecule has 0 radical (unpaired) electrons. The number of methoxy groups -OCH3 is 1. The van der Waals surface area contributed by atoms with Crippen molar-refractivity contribution in [3.05, 3.63) is 23.8 Å². The monoisotopic (exact) mass is 319 g/mol. The molecule has 0 amide bonds. The van der Waals surface area contributed by atoms with E-state index in [1.165, 1.54) is 7.11 Å². The van der Waals surface area contributed by atoms with Crippen LogP contribution in [0.3, 0.4) is 0 Å². The Morgan fingerprint density at radius 1 is 1.36 bits per heavy atom. The fourth-order valence-corrected chi connectivity index (χ4v) is 1.62. The number of benzene rings is 1. The maximum absolute atomic E-state index is 12.6. The first-order valence-electron chi connectivity index (χ1n) is 6.68. The van der Waals surface area contributed by atoms with Crippen molar-refractivity contribution in [3.8, 4) is 5.75 Å². The Kier molecular flexibility index (Phi) is 6.33. The number of aliphatic imine (C=N–C) groups is 1. The molecule has 0 aliphatic carbocycles. The number of ether oxygens (including phenoxy) is 2. The molecule has 0 saturated carbocycles. The second-order valence-corrected chi connectivity index (χ2v) is 4.50. The number of hydrogen-bond acceptors (Lipinski definition) is 5. The summed E-state index contributed by atoms with van der Waals surface area (Å²) in [5.74, 6) is 0.213. The number of nitrogens with zero attached hydrogens (tertiary/aromatic N) is 2. The van der Waals surface area contributed by atoms with Gasteiger partial charge in [0.25, 0.3) is 6.02 Å². The number of hydrogen-bond donors (Lipinski definition) is 1. The number of rotatable bonds is 3. The zero-order valence-corrected chi connectivity index (χ0v) is 12.8. The maximum atomic E-state index is 12.6. The molecular weight excluding hydrogens is 299 g/mol. The Hall–Kier alpha value is -2.12. The van der Waals surface area contributed by atoms with Crippen molar-refractivity contribution in [3.63, 3.8) is 0 Å². The molecule has 8 heteroatoms. The van der Waals surface area contributed by atoms with Gasteiger partial charge in [-0.15, -0.1) is 0 Å². The van der Waals surface area contributed by atoms with Crippen molar-refractivity contribution in [2.24, 2.45) is 10.7 Å². The van der Waals surface area contributed by atoms with Crippen molar-refractivity contribution in [2.45, 2.75) is 13.1 Å². The first-order chi connectivity index (χ1) is 10.3. The number of halogens is 3. The Balaban J connectivity index is 0.000000335. The minimum atomic E-state index is -4.35. The number of amidine groups is 1. The van der Waals surface area contributed by atoms with E-state index >= 15 is 0 Å². The molecule has 0 atom stereocenters. The minimum Gasteiger partial charge on any atom is -0.497 e. The van der Waals surface area contributed by atoms with Gasteiger partial charge < -0.3 is 20.1 Å². The van der Waals surface area contributed by atoms with Crippen molar-refractivity contribution in [1.82, 2.24) is 0 Å². The van der Waals surface area contributed by atoms with E-state index in [-0.39, 0.29) is 5.75 Å². The molecule has 1 aliphatic rings. The van der Waals surface area contributed by atoms with Crippen molar-refractivity contribution >= 4 is 11.7 Å². The predicted octanol–water partition coefficient (Wildman–Crippen LogP) is 2.50. The fourth-order valence-electron chi connectivity index (χ4n) is 1.62. The molecule has 1 aliphatic heterocycles. The first-order valence-corrected chi connectivity index (χ1v) is 6.68. The summed E-state index contributed by atoms with van der Waals surface area (Å²) in [6.45, 7) is 3.88. The highest BCUT2D eigenvalue weighted by molar-refractivity contribution is 5.72. The smallest absolute Gasteiger partial charge is 0.416 e. The summed E-state index contributed by atoms with van der Waals surface area (Å²) in [6, 6.07) is 4.02. The van der Waals surface area contributed by atoms with Gasteiger partial charge in [-0.1, -0.05) is 0 Å². The van der Waals surface area contributed by atoms with Crippen LogP contribution in [0.2, 0.25) is 0 Å². The number of nitrogens with two attached hydrogens (primary N) is 1. The van der Waals surface area contributed by atoms with Gasteiger partial charge in [0.2, 0.25) is 0 Å². The van der Waals surface area contributed by atoms with Gasteiger partial charge in [0.1, 0.15) is 12.4 Å². The Morgan fingerprint density at radius 3 is 2.41 bits per heavy atom. The Bertz CT molecular complexity index is 519. The van der Waals surface area contributed by atoms with Crippen LogP contribution in [0.25, 0.3) is 0 Å². The third kappa shape index (κ3) is 5.34. The molecular formula is C14H20F3N3O2. The van der Waals surface area contributed by atoms with Crippen molar-refractivity contribution in [1.29, 1.82) is 0 Å². The normalized spacial score (nSPS) is 13.6. The summed E-state index contributed by atoms with van der Waals surface area (Å²) in [4.78, 5) is 5.43. The second kappa shape index (κ2) is 7.77. The van der Waals surface area contributed by atoms with E-state index in [0.717, 1.165) is 18.7 Å². The predicted molar refractivity (Wildman–Crippen MR) is 79.4 cm³/mol.